The van der Waals surface area contributed by atoms with E-state index in [4.69, 9.17) is 9.52 Å². The molecule has 0 saturated heterocycles. The molecule has 0 aliphatic heterocycles. The summed E-state index contributed by atoms with van der Waals surface area (Å²) in [7, 11) is 0. The van der Waals surface area contributed by atoms with Crippen molar-refractivity contribution in [3.05, 3.63) is 47.7 Å². The Labute approximate surface area is 111 Å². The predicted octanol–water partition coefficient (Wildman–Crippen LogP) is 2.78. The van der Waals surface area contributed by atoms with E-state index in [-0.39, 0.29) is 12.4 Å². The minimum atomic E-state index is -1.08. The molecular weight excluding hydrogens is 244 g/mol. The molecule has 0 aliphatic rings. The fourth-order valence-electron chi connectivity index (χ4n) is 2.28. The van der Waals surface area contributed by atoms with Gasteiger partial charge in [-0.25, -0.2) is 4.79 Å². The lowest BCUT2D eigenvalue weighted by atomic mass is 9.99. The number of aliphatic hydroxyl groups is 1. The molecule has 1 aromatic heterocycles. The second-order valence-corrected chi connectivity index (χ2v) is 4.33. The van der Waals surface area contributed by atoms with Gasteiger partial charge in [-0.1, -0.05) is 18.2 Å². The van der Waals surface area contributed by atoms with Gasteiger partial charge in [0.1, 0.15) is 5.58 Å². The van der Waals surface area contributed by atoms with Gasteiger partial charge in [0.15, 0.2) is 0 Å². The zero-order chi connectivity index (χ0) is 13.8. The highest BCUT2D eigenvalue weighted by atomic mass is 16.4. The predicted molar refractivity (Wildman–Crippen MR) is 72.5 cm³/mol. The van der Waals surface area contributed by atoms with E-state index in [2.05, 4.69) is 6.58 Å². The molecule has 0 saturated carbocycles. The number of carbonyl (C=O) groups is 1. The summed E-state index contributed by atoms with van der Waals surface area (Å²) in [5.74, 6) is -1.10. The van der Waals surface area contributed by atoms with Crippen molar-refractivity contribution in [2.75, 3.05) is 6.61 Å². The third-order valence-corrected chi connectivity index (χ3v) is 3.04. The summed E-state index contributed by atoms with van der Waals surface area (Å²) in [6.45, 7) is 3.73. The minimum Gasteiger partial charge on any atom is -0.475 e. The van der Waals surface area contributed by atoms with Gasteiger partial charge in [-0.3, -0.25) is 0 Å². The number of aliphatic hydroxyl groups excluding tert-OH is 1. The Morgan fingerprint density at radius 2 is 2.21 bits per heavy atom. The Morgan fingerprint density at radius 1 is 1.42 bits per heavy atom. The lowest BCUT2D eigenvalue weighted by molar-refractivity contribution is 0.0663. The summed E-state index contributed by atoms with van der Waals surface area (Å²) >= 11 is 0. The van der Waals surface area contributed by atoms with E-state index in [0.717, 1.165) is 10.9 Å². The number of benzene rings is 1. The smallest absolute Gasteiger partial charge is 0.372 e. The standard InChI is InChI=1S/C15H16O4/c1-2-5-10-6-3-8-12-13(10)11(7-4-9-16)14(19-12)15(17)18/h2-3,6,8,16H,1,4-5,7,9H2,(H,17,18). The van der Waals surface area contributed by atoms with Crippen molar-refractivity contribution in [2.45, 2.75) is 19.3 Å². The number of hydrogen-bond acceptors (Lipinski definition) is 3. The van der Waals surface area contributed by atoms with Gasteiger partial charge in [-0.05, 0) is 30.9 Å². The fraction of sp³-hybridized carbons (Fsp3) is 0.267. The van der Waals surface area contributed by atoms with Gasteiger partial charge in [0.25, 0.3) is 0 Å². The number of aryl methyl sites for hydroxylation is 1. The maximum Gasteiger partial charge on any atom is 0.372 e. The molecule has 0 amide bonds. The van der Waals surface area contributed by atoms with E-state index in [1.54, 1.807) is 12.1 Å². The molecule has 1 aromatic carbocycles. The van der Waals surface area contributed by atoms with E-state index >= 15 is 0 Å². The van der Waals surface area contributed by atoms with Crippen LogP contribution in [0.5, 0.6) is 0 Å². The summed E-state index contributed by atoms with van der Waals surface area (Å²) in [4.78, 5) is 11.2. The van der Waals surface area contributed by atoms with E-state index in [1.807, 2.05) is 12.1 Å². The zero-order valence-corrected chi connectivity index (χ0v) is 10.6. The van der Waals surface area contributed by atoms with Crippen LogP contribution >= 0.6 is 0 Å². The lowest BCUT2D eigenvalue weighted by Crippen LogP contribution is -2.00. The maximum atomic E-state index is 11.2. The van der Waals surface area contributed by atoms with E-state index in [9.17, 15) is 9.90 Å². The Bertz CT molecular complexity index is 610. The van der Waals surface area contributed by atoms with Crippen molar-refractivity contribution in [1.82, 2.24) is 0 Å². The van der Waals surface area contributed by atoms with Gasteiger partial charge in [-0.2, -0.15) is 0 Å². The molecule has 2 aromatic rings. The number of carboxylic acids is 1. The highest BCUT2D eigenvalue weighted by Crippen LogP contribution is 2.30. The SMILES string of the molecule is C=CCc1cccc2oc(C(=O)O)c(CCCO)c12. The van der Waals surface area contributed by atoms with Gasteiger partial charge in [-0.15, -0.1) is 6.58 Å². The van der Waals surface area contributed by atoms with Crippen LogP contribution in [0.1, 0.15) is 28.1 Å². The molecule has 0 aliphatic carbocycles. The van der Waals surface area contributed by atoms with Crippen LogP contribution in [0.4, 0.5) is 0 Å². The average molecular weight is 260 g/mol. The molecule has 1 heterocycles. The van der Waals surface area contributed by atoms with Crippen LogP contribution in [0.2, 0.25) is 0 Å². The molecule has 4 nitrogen and oxygen atoms in total. The van der Waals surface area contributed by atoms with Crippen molar-refractivity contribution in [1.29, 1.82) is 0 Å². The number of furan rings is 1. The molecule has 0 fully saturated rings. The monoisotopic (exact) mass is 260 g/mol. The Kier molecular flexibility index (Phi) is 4.02. The Balaban J connectivity index is 2.65. The summed E-state index contributed by atoms with van der Waals surface area (Å²) in [5.41, 5.74) is 2.23. The normalized spacial score (nSPS) is 10.8. The first-order valence-electron chi connectivity index (χ1n) is 6.17. The van der Waals surface area contributed by atoms with E-state index < -0.39 is 5.97 Å². The molecular formula is C15H16O4. The highest BCUT2D eigenvalue weighted by Gasteiger charge is 2.21. The number of allylic oxidation sites excluding steroid dienone is 1. The zero-order valence-electron chi connectivity index (χ0n) is 10.6. The van der Waals surface area contributed by atoms with Crippen molar-refractivity contribution in [3.63, 3.8) is 0 Å². The second kappa shape index (κ2) is 5.71. The molecule has 19 heavy (non-hydrogen) atoms. The number of carboxylic acid groups (broad SMARTS) is 1. The second-order valence-electron chi connectivity index (χ2n) is 4.33. The van der Waals surface area contributed by atoms with Gasteiger partial charge >= 0.3 is 5.97 Å². The van der Waals surface area contributed by atoms with Crippen molar-refractivity contribution in [3.8, 4) is 0 Å². The van der Waals surface area contributed by atoms with Crippen LogP contribution in [0.25, 0.3) is 11.0 Å². The van der Waals surface area contributed by atoms with Gasteiger partial charge in [0.05, 0.1) is 0 Å². The number of rotatable bonds is 6. The summed E-state index contributed by atoms with van der Waals surface area (Å²) in [6, 6.07) is 5.54. The molecule has 4 heteroatoms. The van der Waals surface area contributed by atoms with Crippen LogP contribution in [0.3, 0.4) is 0 Å². The third-order valence-electron chi connectivity index (χ3n) is 3.04. The first kappa shape index (κ1) is 13.4. The molecule has 0 bridgehead atoms. The summed E-state index contributed by atoms with van der Waals surface area (Å²) < 4.78 is 5.43. The lowest BCUT2D eigenvalue weighted by Gasteiger charge is -2.03. The molecule has 0 unspecified atom stereocenters. The van der Waals surface area contributed by atoms with Crippen LogP contribution in [-0.2, 0) is 12.8 Å². The van der Waals surface area contributed by atoms with Crippen LogP contribution in [0.15, 0.2) is 35.3 Å². The number of hydrogen-bond donors (Lipinski definition) is 2. The maximum absolute atomic E-state index is 11.2. The molecule has 0 spiro atoms. The van der Waals surface area contributed by atoms with E-state index in [1.165, 1.54) is 0 Å². The Morgan fingerprint density at radius 3 is 2.84 bits per heavy atom. The number of fused-ring (bicyclic) bond motifs is 1. The molecule has 2 rings (SSSR count). The topological polar surface area (TPSA) is 70.7 Å². The van der Waals surface area contributed by atoms with Crippen LogP contribution in [0, 0.1) is 0 Å². The van der Waals surface area contributed by atoms with Crippen molar-refractivity contribution in [2.24, 2.45) is 0 Å². The molecule has 0 radical (unpaired) electrons. The van der Waals surface area contributed by atoms with Crippen LogP contribution < -0.4 is 0 Å². The minimum absolute atomic E-state index is 0.0232. The van der Waals surface area contributed by atoms with Gasteiger partial charge < -0.3 is 14.6 Å². The van der Waals surface area contributed by atoms with Crippen molar-refractivity contribution < 1.29 is 19.4 Å². The third kappa shape index (κ3) is 2.53. The number of aromatic carboxylic acids is 1. The Hall–Kier alpha value is -2.07. The average Bonchev–Trinajstić information content (AvgIpc) is 2.76. The van der Waals surface area contributed by atoms with E-state index in [0.29, 0.717) is 30.4 Å². The van der Waals surface area contributed by atoms with Crippen LogP contribution in [-0.4, -0.2) is 22.8 Å². The first-order valence-corrected chi connectivity index (χ1v) is 6.17. The summed E-state index contributed by atoms with van der Waals surface area (Å²) in [5, 5.41) is 19.0. The first-order chi connectivity index (χ1) is 9.19. The largest absolute Gasteiger partial charge is 0.475 e. The molecule has 2 N–H and O–H groups in total. The van der Waals surface area contributed by atoms with Gasteiger partial charge in [0, 0.05) is 17.6 Å². The van der Waals surface area contributed by atoms with Gasteiger partial charge in [0.2, 0.25) is 5.76 Å². The summed E-state index contributed by atoms with van der Waals surface area (Å²) in [6.07, 6.45) is 3.43. The quantitative estimate of drug-likeness (QED) is 0.783. The fourth-order valence-corrected chi connectivity index (χ4v) is 2.28. The van der Waals surface area contributed by atoms with Crippen molar-refractivity contribution >= 4 is 16.9 Å². The highest BCUT2D eigenvalue weighted by molar-refractivity contribution is 5.96. The molecule has 0 atom stereocenters. The molecule has 100 valence electrons.